The van der Waals surface area contributed by atoms with E-state index in [0.29, 0.717) is 13.2 Å². The van der Waals surface area contributed by atoms with Crippen LogP contribution in [0.2, 0.25) is 0 Å². The quantitative estimate of drug-likeness (QED) is 0.618. The Kier molecular flexibility index (Phi) is 2.73. The molecule has 0 aromatic heterocycles. The van der Waals surface area contributed by atoms with E-state index in [1.54, 1.807) is 0 Å². The maximum Gasteiger partial charge on any atom is 0.311 e. The average Bonchev–Trinajstić information content (AvgIpc) is 2.67. The van der Waals surface area contributed by atoms with Crippen molar-refractivity contribution in [3.63, 3.8) is 0 Å². The average molecular weight is 214 g/mol. The van der Waals surface area contributed by atoms with Gasteiger partial charge in [-0.2, -0.15) is 0 Å². The van der Waals surface area contributed by atoms with Gasteiger partial charge >= 0.3 is 5.97 Å². The Morgan fingerprint density at radius 3 is 2.73 bits per heavy atom. The van der Waals surface area contributed by atoms with Gasteiger partial charge in [-0.1, -0.05) is 0 Å². The van der Waals surface area contributed by atoms with Crippen LogP contribution in [0.15, 0.2) is 0 Å². The van der Waals surface area contributed by atoms with Crippen molar-refractivity contribution in [3.05, 3.63) is 0 Å². The van der Waals surface area contributed by atoms with E-state index in [1.165, 1.54) is 0 Å². The zero-order valence-corrected chi connectivity index (χ0v) is 9.49. The topological polar surface area (TPSA) is 44.8 Å². The minimum Gasteiger partial charge on any atom is -0.459 e. The van der Waals surface area contributed by atoms with Gasteiger partial charge in [-0.25, -0.2) is 0 Å². The second-order valence-corrected chi connectivity index (χ2v) is 5.22. The third kappa shape index (κ3) is 2.16. The molecule has 2 fully saturated rings. The van der Waals surface area contributed by atoms with Gasteiger partial charge < -0.3 is 14.2 Å². The van der Waals surface area contributed by atoms with Crippen LogP contribution >= 0.6 is 0 Å². The summed E-state index contributed by atoms with van der Waals surface area (Å²) in [6, 6.07) is 0. The summed E-state index contributed by atoms with van der Waals surface area (Å²) in [7, 11) is 0. The van der Waals surface area contributed by atoms with Crippen LogP contribution in [0.1, 0.15) is 27.2 Å². The van der Waals surface area contributed by atoms with Crippen LogP contribution in [-0.2, 0) is 19.0 Å². The van der Waals surface area contributed by atoms with Crippen molar-refractivity contribution in [2.45, 2.75) is 39.6 Å². The number of fused-ring (bicyclic) bond motifs is 1. The summed E-state index contributed by atoms with van der Waals surface area (Å²) in [5, 5.41) is 0. The number of hydrogen-bond acceptors (Lipinski definition) is 4. The highest BCUT2D eigenvalue weighted by Gasteiger charge is 2.44. The molecule has 0 N–H and O–H groups in total. The van der Waals surface area contributed by atoms with Crippen LogP contribution in [-0.4, -0.2) is 31.6 Å². The molecule has 15 heavy (non-hydrogen) atoms. The second kappa shape index (κ2) is 3.76. The molecule has 0 bridgehead atoms. The predicted molar refractivity (Wildman–Crippen MR) is 53.1 cm³/mol. The number of carbonyl (C=O) groups excluding carboxylic acids is 1. The normalized spacial score (nSPS) is 35.3. The minimum absolute atomic E-state index is 0.121. The number of hydrogen-bond donors (Lipinski definition) is 0. The molecule has 3 atom stereocenters. The Morgan fingerprint density at radius 1 is 1.33 bits per heavy atom. The fourth-order valence-corrected chi connectivity index (χ4v) is 1.86. The fraction of sp³-hybridized carbons (Fsp3) is 0.909. The third-order valence-corrected chi connectivity index (χ3v) is 2.86. The van der Waals surface area contributed by atoms with E-state index in [2.05, 4.69) is 0 Å². The molecule has 0 aromatic carbocycles. The smallest absolute Gasteiger partial charge is 0.311 e. The van der Waals surface area contributed by atoms with Gasteiger partial charge in [0.05, 0.1) is 24.5 Å². The van der Waals surface area contributed by atoms with Crippen molar-refractivity contribution < 1.29 is 19.0 Å². The highest BCUT2D eigenvalue weighted by Crippen LogP contribution is 2.34. The summed E-state index contributed by atoms with van der Waals surface area (Å²) in [5.74, 6) is 0.0694. The maximum atomic E-state index is 11.7. The molecule has 2 aliphatic rings. The Morgan fingerprint density at radius 2 is 2.07 bits per heavy atom. The molecule has 0 spiro atoms. The largest absolute Gasteiger partial charge is 0.459 e. The lowest BCUT2D eigenvalue weighted by atomic mass is 9.96. The lowest BCUT2D eigenvalue weighted by Gasteiger charge is -2.22. The summed E-state index contributed by atoms with van der Waals surface area (Å²) < 4.78 is 16.2. The zero-order chi connectivity index (χ0) is 11.1. The van der Waals surface area contributed by atoms with Crippen LogP contribution < -0.4 is 0 Å². The number of esters is 1. The van der Waals surface area contributed by atoms with Gasteiger partial charge in [-0.15, -0.1) is 0 Å². The molecule has 4 heteroatoms. The first-order valence-electron chi connectivity index (χ1n) is 5.43. The van der Waals surface area contributed by atoms with E-state index in [1.807, 2.05) is 20.8 Å². The molecule has 2 aliphatic heterocycles. The van der Waals surface area contributed by atoms with Crippen molar-refractivity contribution in [3.8, 4) is 0 Å². The Balaban J connectivity index is 1.93. The van der Waals surface area contributed by atoms with Gasteiger partial charge in [0.15, 0.2) is 6.29 Å². The van der Waals surface area contributed by atoms with Crippen LogP contribution in [0.3, 0.4) is 0 Å². The maximum absolute atomic E-state index is 11.7. The van der Waals surface area contributed by atoms with Crippen LogP contribution in [0.5, 0.6) is 0 Å². The molecule has 0 radical (unpaired) electrons. The van der Waals surface area contributed by atoms with Gasteiger partial charge in [-0.05, 0) is 27.2 Å². The van der Waals surface area contributed by atoms with E-state index >= 15 is 0 Å². The first-order chi connectivity index (χ1) is 6.98. The molecule has 0 unspecified atom stereocenters. The van der Waals surface area contributed by atoms with Crippen molar-refractivity contribution in [1.29, 1.82) is 0 Å². The van der Waals surface area contributed by atoms with Crippen LogP contribution in [0, 0.1) is 11.3 Å². The molecular weight excluding hydrogens is 196 g/mol. The first kappa shape index (κ1) is 10.9. The van der Waals surface area contributed by atoms with E-state index in [9.17, 15) is 4.79 Å². The molecule has 0 aromatic rings. The van der Waals surface area contributed by atoms with Crippen molar-refractivity contribution >= 4 is 5.97 Å². The standard InChI is InChI=1S/C11H18O4/c1-11(2,3)10(12)15-8-6-14-9-7(8)4-5-13-9/h7-9H,4-6H2,1-3H3/t7-,8-,9+/m0/s1. The summed E-state index contributed by atoms with van der Waals surface area (Å²) in [5.41, 5.74) is -0.447. The lowest BCUT2D eigenvalue weighted by Crippen LogP contribution is -2.32. The van der Waals surface area contributed by atoms with Crippen molar-refractivity contribution in [2.24, 2.45) is 11.3 Å². The van der Waals surface area contributed by atoms with E-state index in [0.717, 1.165) is 6.42 Å². The highest BCUT2D eigenvalue weighted by molar-refractivity contribution is 5.75. The summed E-state index contributed by atoms with van der Waals surface area (Å²) >= 11 is 0. The highest BCUT2D eigenvalue weighted by atomic mass is 16.7. The molecule has 2 rings (SSSR count). The van der Waals surface area contributed by atoms with Crippen molar-refractivity contribution in [2.75, 3.05) is 13.2 Å². The predicted octanol–water partition coefficient (Wildman–Crippen LogP) is 1.34. The van der Waals surface area contributed by atoms with Crippen molar-refractivity contribution in [1.82, 2.24) is 0 Å². The van der Waals surface area contributed by atoms with Crippen LogP contribution in [0.25, 0.3) is 0 Å². The molecule has 86 valence electrons. The molecule has 2 heterocycles. The molecule has 0 amide bonds. The molecular formula is C11H18O4. The molecule has 0 aliphatic carbocycles. The summed E-state index contributed by atoms with van der Waals surface area (Å²) in [4.78, 5) is 11.7. The molecule has 4 nitrogen and oxygen atoms in total. The van der Waals surface area contributed by atoms with E-state index < -0.39 is 5.41 Å². The number of rotatable bonds is 1. The zero-order valence-electron chi connectivity index (χ0n) is 9.49. The van der Waals surface area contributed by atoms with Gasteiger partial charge in [0.25, 0.3) is 0 Å². The fourth-order valence-electron chi connectivity index (χ4n) is 1.86. The number of ether oxygens (including phenoxy) is 3. The monoisotopic (exact) mass is 214 g/mol. The third-order valence-electron chi connectivity index (χ3n) is 2.86. The van der Waals surface area contributed by atoms with E-state index in [4.69, 9.17) is 14.2 Å². The van der Waals surface area contributed by atoms with Gasteiger partial charge in [-0.3, -0.25) is 4.79 Å². The number of carbonyl (C=O) groups is 1. The molecule has 2 saturated heterocycles. The first-order valence-corrected chi connectivity index (χ1v) is 5.43. The lowest BCUT2D eigenvalue weighted by molar-refractivity contribution is -0.160. The second-order valence-electron chi connectivity index (χ2n) is 5.22. The summed E-state index contributed by atoms with van der Waals surface area (Å²) in [6.07, 6.45) is 0.652. The minimum atomic E-state index is -0.447. The van der Waals surface area contributed by atoms with Crippen LogP contribution in [0.4, 0.5) is 0 Å². The SMILES string of the molecule is CC(C)(C)C(=O)O[C@H]1CO[C@H]2OCC[C@H]21. The summed E-state index contributed by atoms with van der Waals surface area (Å²) in [6.45, 7) is 6.74. The Bertz CT molecular complexity index is 256. The Labute approximate surface area is 89.9 Å². The van der Waals surface area contributed by atoms with Gasteiger partial charge in [0, 0.05) is 0 Å². The Hall–Kier alpha value is -0.610. The van der Waals surface area contributed by atoms with Gasteiger partial charge in [0.1, 0.15) is 6.10 Å². The molecule has 0 saturated carbocycles. The van der Waals surface area contributed by atoms with Gasteiger partial charge in [0.2, 0.25) is 0 Å². The van der Waals surface area contributed by atoms with E-state index in [-0.39, 0.29) is 24.3 Å².